The van der Waals surface area contributed by atoms with Crippen LogP contribution in [0.25, 0.3) is 0 Å². The van der Waals surface area contributed by atoms with E-state index in [1.165, 1.54) is 0 Å². The molecule has 1 aliphatic rings. The highest BCUT2D eigenvalue weighted by Crippen LogP contribution is 2.21. The lowest BCUT2D eigenvalue weighted by atomic mass is 10.1. The molecule has 6 nitrogen and oxygen atoms in total. The summed E-state index contributed by atoms with van der Waals surface area (Å²) in [6.07, 6.45) is 0. The number of nitrogens with zero attached hydrogens (tertiary/aromatic N) is 4. The predicted molar refractivity (Wildman–Crippen MR) is 82.9 cm³/mol. The molecule has 6 heteroatoms. The highest BCUT2D eigenvalue weighted by Gasteiger charge is 2.29. The van der Waals surface area contributed by atoms with E-state index in [-0.39, 0.29) is 0 Å². The largest absolute Gasteiger partial charge is 0.477 e. The van der Waals surface area contributed by atoms with Crippen molar-refractivity contribution >= 4 is 5.82 Å². The molecule has 0 aliphatic carbocycles. The zero-order valence-electron chi connectivity index (χ0n) is 13.5. The molecule has 0 amide bonds. The summed E-state index contributed by atoms with van der Waals surface area (Å²) in [5.74, 6) is 1.50. The number of rotatable bonds is 6. The molecule has 0 aromatic carbocycles. The van der Waals surface area contributed by atoms with Gasteiger partial charge in [-0.3, -0.25) is 4.90 Å². The quantitative estimate of drug-likeness (QED) is 0.791. The van der Waals surface area contributed by atoms with E-state index in [0.29, 0.717) is 24.6 Å². The summed E-state index contributed by atoms with van der Waals surface area (Å²) in [6, 6.07) is 4.82. The fourth-order valence-electron chi connectivity index (χ4n) is 2.89. The minimum Gasteiger partial charge on any atom is -0.477 e. The highest BCUT2D eigenvalue weighted by molar-refractivity contribution is 5.39. The first kappa shape index (κ1) is 16.0. The molecule has 0 N–H and O–H groups in total. The van der Waals surface area contributed by atoms with E-state index in [4.69, 9.17) is 9.47 Å². The third kappa shape index (κ3) is 4.04. The Balaban J connectivity index is 1.99. The van der Waals surface area contributed by atoms with Gasteiger partial charge >= 0.3 is 0 Å². The fraction of sp³-hybridized carbons (Fsp3) is 0.733. The second-order valence-corrected chi connectivity index (χ2v) is 5.50. The minimum atomic E-state index is 0.470. The lowest BCUT2D eigenvalue weighted by molar-refractivity contribution is 0.0844. The average Bonchev–Trinajstić information content (AvgIpc) is 2.47. The second kappa shape index (κ2) is 7.56. The third-order valence-electron chi connectivity index (χ3n) is 3.90. The molecular formula is C15H26N4O2. The Morgan fingerprint density at radius 3 is 2.43 bits per heavy atom. The molecule has 2 rings (SSSR count). The number of piperazine rings is 1. The summed E-state index contributed by atoms with van der Waals surface area (Å²) >= 11 is 0. The monoisotopic (exact) mass is 294 g/mol. The molecule has 1 aromatic rings. The van der Waals surface area contributed by atoms with Crippen molar-refractivity contribution in [3.63, 3.8) is 0 Å². The third-order valence-corrected chi connectivity index (χ3v) is 3.90. The van der Waals surface area contributed by atoms with Crippen molar-refractivity contribution in [2.45, 2.75) is 32.9 Å². The molecule has 0 spiro atoms. The van der Waals surface area contributed by atoms with Crippen LogP contribution in [-0.4, -0.2) is 67.1 Å². The SMILES string of the molecule is CCOc1ccc(N2C[C@@H](C)N(CCOC)[C@H](C)C2)nn1. The molecule has 1 aliphatic heterocycles. The van der Waals surface area contributed by atoms with Gasteiger partial charge in [-0.1, -0.05) is 0 Å². The van der Waals surface area contributed by atoms with Crippen LogP contribution in [-0.2, 0) is 4.74 Å². The highest BCUT2D eigenvalue weighted by atomic mass is 16.5. The Bertz CT molecular complexity index is 414. The molecule has 0 unspecified atom stereocenters. The van der Waals surface area contributed by atoms with Crippen molar-refractivity contribution in [1.29, 1.82) is 0 Å². The second-order valence-electron chi connectivity index (χ2n) is 5.50. The average molecular weight is 294 g/mol. The van der Waals surface area contributed by atoms with E-state index in [0.717, 1.165) is 32.1 Å². The van der Waals surface area contributed by atoms with Crippen molar-refractivity contribution in [3.05, 3.63) is 12.1 Å². The van der Waals surface area contributed by atoms with E-state index >= 15 is 0 Å². The summed E-state index contributed by atoms with van der Waals surface area (Å²) in [7, 11) is 1.75. The smallest absolute Gasteiger partial charge is 0.233 e. The van der Waals surface area contributed by atoms with Crippen molar-refractivity contribution < 1.29 is 9.47 Å². The number of hydrogen-bond acceptors (Lipinski definition) is 6. The van der Waals surface area contributed by atoms with E-state index in [1.807, 2.05) is 19.1 Å². The van der Waals surface area contributed by atoms with Gasteiger partial charge in [-0.2, -0.15) is 0 Å². The number of aromatic nitrogens is 2. The molecule has 118 valence electrons. The molecule has 0 saturated carbocycles. The zero-order chi connectivity index (χ0) is 15.2. The van der Waals surface area contributed by atoms with E-state index in [1.54, 1.807) is 7.11 Å². The molecule has 1 aromatic heterocycles. The molecule has 1 fully saturated rings. The Hall–Kier alpha value is -1.40. The fourth-order valence-corrected chi connectivity index (χ4v) is 2.89. The summed E-state index contributed by atoms with van der Waals surface area (Å²) in [4.78, 5) is 4.78. The van der Waals surface area contributed by atoms with Crippen LogP contribution in [0.1, 0.15) is 20.8 Å². The lowest BCUT2D eigenvalue weighted by Gasteiger charge is -2.44. The van der Waals surface area contributed by atoms with Crippen LogP contribution in [0, 0.1) is 0 Å². The first-order valence-electron chi connectivity index (χ1n) is 7.61. The van der Waals surface area contributed by atoms with Gasteiger partial charge in [0.15, 0.2) is 5.82 Å². The predicted octanol–water partition coefficient (Wildman–Crippen LogP) is 1.42. The number of ether oxygens (including phenoxy) is 2. The Morgan fingerprint density at radius 1 is 1.19 bits per heavy atom. The van der Waals surface area contributed by atoms with Gasteiger partial charge in [0.1, 0.15) is 0 Å². The molecule has 21 heavy (non-hydrogen) atoms. The molecule has 2 heterocycles. The number of methoxy groups -OCH3 is 1. The van der Waals surface area contributed by atoms with Crippen molar-refractivity contribution in [3.8, 4) is 5.88 Å². The van der Waals surface area contributed by atoms with Crippen LogP contribution in [0.4, 0.5) is 5.82 Å². The standard InChI is InChI=1S/C15H26N4O2/c1-5-21-15-7-6-14(16-17-15)18-10-12(2)19(8-9-20-4)13(3)11-18/h6-7,12-13H,5,8-11H2,1-4H3/t12-,13-/m1/s1. The van der Waals surface area contributed by atoms with Crippen LogP contribution >= 0.6 is 0 Å². The van der Waals surface area contributed by atoms with Crippen molar-refractivity contribution in [1.82, 2.24) is 15.1 Å². The summed E-state index contributed by atoms with van der Waals surface area (Å²) in [5.41, 5.74) is 0. The first-order valence-corrected chi connectivity index (χ1v) is 7.61. The topological polar surface area (TPSA) is 50.7 Å². The van der Waals surface area contributed by atoms with Gasteiger partial charge in [-0.15, -0.1) is 10.2 Å². The van der Waals surface area contributed by atoms with Crippen molar-refractivity contribution in [2.24, 2.45) is 0 Å². The van der Waals surface area contributed by atoms with Crippen LogP contribution in [0.2, 0.25) is 0 Å². The minimum absolute atomic E-state index is 0.470. The number of anilines is 1. The molecule has 0 radical (unpaired) electrons. The van der Waals surface area contributed by atoms with Crippen LogP contribution in [0.15, 0.2) is 12.1 Å². The van der Waals surface area contributed by atoms with E-state index in [2.05, 4.69) is 33.8 Å². The van der Waals surface area contributed by atoms with Crippen LogP contribution < -0.4 is 9.64 Å². The van der Waals surface area contributed by atoms with Crippen molar-refractivity contribution in [2.75, 3.05) is 44.9 Å². The van der Waals surface area contributed by atoms with E-state index in [9.17, 15) is 0 Å². The zero-order valence-corrected chi connectivity index (χ0v) is 13.5. The maximum atomic E-state index is 5.34. The maximum Gasteiger partial charge on any atom is 0.233 e. The van der Waals surface area contributed by atoms with Gasteiger partial charge in [-0.25, -0.2) is 0 Å². The lowest BCUT2D eigenvalue weighted by Crippen LogP contribution is -2.57. The molecular weight excluding hydrogens is 268 g/mol. The summed E-state index contributed by atoms with van der Waals surface area (Å²) in [6.45, 7) is 10.7. The van der Waals surface area contributed by atoms with Gasteiger partial charge in [0, 0.05) is 44.9 Å². The van der Waals surface area contributed by atoms with Gasteiger partial charge < -0.3 is 14.4 Å². The van der Waals surface area contributed by atoms with E-state index < -0.39 is 0 Å². The number of hydrogen-bond donors (Lipinski definition) is 0. The molecule has 0 bridgehead atoms. The molecule has 2 atom stereocenters. The van der Waals surface area contributed by atoms with Gasteiger partial charge in [0.2, 0.25) is 5.88 Å². The maximum absolute atomic E-state index is 5.34. The van der Waals surface area contributed by atoms with Gasteiger partial charge in [-0.05, 0) is 26.8 Å². The van der Waals surface area contributed by atoms with Crippen LogP contribution in [0.3, 0.4) is 0 Å². The van der Waals surface area contributed by atoms with Gasteiger partial charge in [0.25, 0.3) is 0 Å². The Morgan fingerprint density at radius 2 is 1.90 bits per heavy atom. The summed E-state index contributed by atoms with van der Waals surface area (Å²) in [5, 5.41) is 8.40. The van der Waals surface area contributed by atoms with Gasteiger partial charge in [0.05, 0.1) is 13.2 Å². The summed E-state index contributed by atoms with van der Waals surface area (Å²) < 4.78 is 10.5. The Kier molecular flexibility index (Phi) is 5.76. The molecule has 1 saturated heterocycles. The normalized spacial score (nSPS) is 23.3. The Labute approximate surface area is 127 Å². The first-order chi connectivity index (χ1) is 10.2. The van der Waals surface area contributed by atoms with Crippen LogP contribution in [0.5, 0.6) is 5.88 Å².